The van der Waals surface area contributed by atoms with E-state index in [0.717, 1.165) is 42.0 Å². The van der Waals surface area contributed by atoms with Gasteiger partial charge in [-0.25, -0.2) is 14.0 Å². The zero-order chi connectivity index (χ0) is 23.5. The quantitative estimate of drug-likeness (QED) is 0.456. The Morgan fingerprint density at radius 2 is 1.56 bits per heavy atom. The van der Waals surface area contributed by atoms with Gasteiger partial charge in [0.1, 0.15) is 5.82 Å². The van der Waals surface area contributed by atoms with Crippen molar-refractivity contribution in [2.24, 2.45) is 7.05 Å². The van der Waals surface area contributed by atoms with Gasteiger partial charge in [0.2, 0.25) is 5.91 Å². The molecular weight excluding hydrogens is 424 g/mol. The molecule has 0 spiro atoms. The van der Waals surface area contributed by atoms with Crippen molar-refractivity contribution in [1.82, 2.24) is 19.2 Å². The molecule has 0 N–H and O–H groups in total. The summed E-state index contributed by atoms with van der Waals surface area (Å²) in [6.45, 7) is 1.31. The Kier molecular flexibility index (Phi) is 6.12. The zero-order valence-corrected chi connectivity index (χ0v) is 19.3. The van der Waals surface area contributed by atoms with Crippen LogP contribution in [0.4, 0.5) is 0 Å². The second-order valence-corrected chi connectivity index (χ2v) is 8.85. The van der Waals surface area contributed by atoms with Gasteiger partial charge in [0.05, 0.1) is 12.1 Å². The van der Waals surface area contributed by atoms with Gasteiger partial charge < -0.3 is 4.90 Å². The zero-order valence-electron chi connectivity index (χ0n) is 19.3. The monoisotopic (exact) mass is 452 g/mol. The van der Waals surface area contributed by atoms with E-state index in [9.17, 15) is 9.59 Å². The maximum atomic E-state index is 13.2. The molecule has 6 heteroatoms. The average Bonchev–Trinajstić information content (AvgIpc) is 3.19. The predicted molar refractivity (Wildman–Crippen MR) is 133 cm³/mol. The SMILES string of the molecule is Cn1nc(C2CCCN(C(=O)Cc3ccc(-c4ccccc4)cc3)C2)n(-c2ccccc2)c1=O. The van der Waals surface area contributed by atoms with Crippen molar-refractivity contribution >= 4 is 5.91 Å². The van der Waals surface area contributed by atoms with Crippen LogP contribution in [0.15, 0.2) is 89.7 Å². The molecule has 1 fully saturated rings. The van der Waals surface area contributed by atoms with Crippen LogP contribution in [0.25, 0.3) is 16.8 Å². The molecule has 0 bridgehead atoms. The molecule has 172 valence electrons. The van der Waals surface area contributed by atoms with Crippen LogP contribution in [0, 0.1) is 0 Å². The third-order valence-corrected chi connectivity index (χ3v) is 6.52. The molecule has 5 rings (SSSR count). The van der Waals surface area contributed by atoms with E-state index in [1.165, 1.54) is 10.2 Å². The number of hydrogen-bond donors (Lipinski definition) is 0. The molecule has 2 heterocycles. The second-order valence-electron chi connectivity index (χ2n) is 8.85. The number of amides is 1. The Morgan fingerprint density at radius 1 is 0.912 bits per heavy atom. The topological polar surface area (TPSA) is 60.1 Å². The molecule has 34 heavy (non-hydrogen) atoms. The van der Waals surface area contributed by atoms with E-state index in [0.29, 0.717) is 13.0 Å². The van der Waals surface area contributed by atoms with Crippen LogP contribution in [-0.4, -0.2) is 38.2 Å². The molecule has 1 aliphatic heterocycles. The van der Waals surface area contributed by atoms with Gasteiger partial charge in [-0.05, 0) is 41.7 Å². The third-order valence-electron chi connectivity index (χ3n) is 6.52. The van der Waals surface area contributed by atoms with Crippen LogP contribution >= 0.6 is 0 Å². The molecule has 1 amide bonds. The lowest BCUT2D eigenvalue weighted by Gasteiger charge is -2.32. The van der Waals surface area contributed by atoms with E-state index < -0.39 is 0 Å². The number of aromatic nitrogens is 3. The van der Waals surface area contributed by atoms with Crippen molar-refractivity contribution in [2.75, 3.05) is 13.1 Å². The summed E-state index contributed by atoms with van der Waals surface area (Å²) in [5.74, 6) is 0.859. The van der Waals surface area contributed by atoms with E-state index >= 15 is 0 Å². The Labute approximate surface area is 199 Å². The van der Waals surface area contributed by atoms with Crippen LogP contribution in [0.3, 0.4) is 0 Å². The van der Waals surface area contributed by atoms with Crippen molar-refractivity contribution in [3.05, 3.63) is 107 Å². The molecule has 0 radical (unpaired) electrons. The van der Waals surface area contributed by atoms with Gasteiger partial charge in [-0.2, -0.15) is 5.10 Å². The number of rotatable bonds is 5. The number of aryl methyl sites for hydroxylation is 1. The van der Waals surface area contributed by atoms with Crippen LogP contribution in [0.1, 0.15) is 30.1 Å². The first-order chi connectivity index (χ1) is 16.6. The molecule has 0 saturated carbocycles. The first-order valence-electron chi connectivity index (χ1n) is 11.7. The molecule has 1 aromatic heterocycles. The van der Waals surface area contributed by atoms with E-state index in [-0.39, 0.29) is 17.5 Å². The minimum atomic E-state index is -0.164. The Bertz CT molecular complexity index is 1320. The summed E-state index contributed by atoms with van der Waals surface area (Å²) in [7, 11) is 1.68. The first-order valence-corrected chi connectivity index (χ1v) is 11.7. The van der Waals surface area contributed by atoms with E-state index in [4.69, 9.17) is 0 Å². The normalized spacial score (nSPS) is 15.9. The molecule has 6 nitrogen and oxygen atoms in total. The first kappa shape index (κ1) is 21.9. The molecule has 1 atom stereocenters. The predicted octanol–water partition coefficient (Wildman–Crippen LogP) is 4.19. The molecule has 1 saturated heterocycles. The van der Waals surface area contributed by atoms with Crippen molar-refractivity contribution < 1.29 is 4.79 Å². The van der Waals surface area contributed by atoms with E-state index in [1.807, 2.05) is 65.6 Å². The molecular formula is C28H28N4O2. The van der Waals surface area contributed by atoms with Crippen LogP contribution in [-0.2, 0) is 18.3 Å². The fourth-order valence-electron chi connectivity index (χ4n) is 4.71. The smallest absolute Gasteiger partial charge is 0.342 e. The highest BCUT2D eigenvalue weighted by molar-refractivity contribution is 5.79. The molecule has 4 aromatic rings. The Hall–Kier alpha value is -3.93. The summed E-state index contributed by atoms with van der Waals surface area (Å²) in [5, 5.41) is 4.56. The van der Waals surface area contributed by atoms with Gasteiger partial charge in [-0.15, -0.1) is 0 Å². The Morgan fingerprint density at radius 3 is 2.26 bits per heavy atom. The third kappa shape index (κ3) is 4.44. The van der Waals surface area contributed by atoms with Crippen molar-refractivity contribution in [3.63, 3.8) is 0 Å². The standard InChI is InChI=1S/C28H28N4O2/c1-30-28(34)32(25-12-6-3-7-13-25)27(29-30)24-11-8-18-31(20-24)26(33)19-21-14-16-23(17-15-21)22-9-4-2-5-10-22/h2-7,9-10,12-17,24H,8,11,18-20H2,1H3. The second kappa shape index (κ2) is 9.51. The fraction of sp³-hybridized carbons (Fsp3) is 0.250. The number of piperidine rings is 1. The minimum Gasteiger partial charge on any atom is -0.342 e. The van der Waals surface area contributed by atoms with Gasteiger partial charge in [0.15, 0.2) is 0 Å². The van der Waals surface area contributed by atoms with Crippen molar-refractivity contribution in [3.8, 4) is 16.8 Å². The highest BCUT2D eigenvalue weighted by Gasteiger charge is 2.29. The van der Waals surface area contributed by atoms with Crippen LogP contribution < -0.4 is 5.69 Å². The number of likely N-dealkylation sites (tertiary alicyclic amines) is 1. The lowest BCUT2D eigenvalue weighted by molar-refractivity contribution is -0.131. The van der Waals surface area contributed by atoms with E-state index in [2.05, 4.69) is 29.4 Å². The summed E-state index contributed by atoms with van der Waals surface area (Å²) in [5.41, 5.74) is 3.95. The summed E-state index contributed by atoms with van der Waals surface area (Å²) >= 11 is 0. The highest BCUT2D eigenvalue weighted by Crippen LogP contribution is 2.27. The van der Waals surface area contributed by atoms with Crippen LogP contribution in [0.2, 0.25) is 0 Å². The van der Waals surface area contributed by atoms with Crippen molar-refractivity contribution in [1.29, 1.82) is 0 Å². The lowest BCUT2D eigenvalue weighted by Crippen LogP contribution is -2.40. The summed E-state index contributed by atoms with van der Waals surface area (Å²) in [4.78, 5) is 27.9. The number of carbonyl (C=O) groups excluding carboxylic acids is 1. The van der Waals surface area contributed by atoms with Gasteiger partial charge in [0.25, 0.3) is 0 Å². The molecule has 1 unspecified atom stereocenters. The summed E-state index contributed by atoms with van der Waals surface area (Å²) < 4.78 is 3.07. The lowest BCUT2D eigenvalue weighted by atomic mass is 9.96. The summed E-state index contributed by atoms with van der Waals surface area (Å²) in [6.07, 6.45) is 2.16. The number of para-hydroxylation sites is 1. The average molecular weight is 453 g/mol. The van der Waals surface area contributed by atoms with Gasteiger partial charge in [-0.1, -0.05) is 72.8 Å². The Balaban J connectivity index is 1.31. The highest BCUT2D eigenvalue weighted by atomic mass is 16.2. The molecule has 0 aliphatic carbocycles. The number of benzene rings is 3. The number of hydrogen-bond acceptors (Lipinski definition) is 3. The largest absolute Gasteiger partial charge is 0.350 e. The maximum Gasteiger partial charge on any atom is 0.350 e. The molecule has 3 aromatic carbocycles. The fourth-order valence-corrected chi connectivity index (χ4v) is 4.71. The van der Waals surface area contributed by atoms with E-state index in [1.54, 1.807) is 11.6 Å². The number of carbonyl (C=O) groups is 1. The maximum absolute atomic E-state index is 13.2. The number of nitrogens with zero attached hydrogens (tertiary/aromatic N) is 4. The summed E-state index contributed by atoms with van der Waals surface area (Å²) in [6, 6.07) is 28.0. The molecule has 1 aliphatic rings. The van der Waals surface area contributed by atoms with Crippen LogP contribution in [0.5, 0.6) is 0 Å². The van der Waals surface area contributed by atoms with Gasteiger partial charge >= 0.3 is 5.69 Å². The van der Waals surface area contributed by atoms with Gasteiger partial charge in [0, 0.05) is 26.1 Å². The minimum absolute atomic E-state index is 0.0206. The van der Waals surface area contributed by atoms with Crippen molar-refractivity contribution in [2.45, 2.75) is 25.2 Å². The van der Waals surface area contributed by atoms with Gasteiger partial charge in [-0.3, -0.25) is 4.79 Å².